The van der Waals surface area contributed by atoms with Gasteiger partial charge < -0.3 is 0 Å². The van der Waals surface area contributed by atoms with Crippen molar-refractivity contribution in [3.8, 4) is 0 Å². The highest BCUT2D eigenvalue weighted by atomic mass is 35.5. The molecule has 0 aromatic heterocycles. The SMILES string of the molecule is CCCCCCCCCC(=O)C(Cl)(Cl)N=Nc1cc(Cl)cc(Cl)c1C. The molecule has 7 heteroatoms. The summed E-state index contributed by atoms with van der Waals surface area (Å²) in [6, 6.07) is 3.20. The van der Waals surface area contributed by atoms with Gasteiger partial charge in [0.2, 0.25) is 0 Å². The molecule has 140 valence electrons. The normalized spacial score (nSPS) is 12.1. The summed E-state index contributed by atoms with van der Waals surface area (Å²) in [5.74, 6) is -0.348. The quantitative estimate of drug-likeness (QED) is 0.152. The van der Waals surface area contributed by atoms with Gasteiger partial charge in [0, 0.05) is 16.5 Å². The van der Waals surface area contributed by atoms with Crippen LogP contribution in [0.25, 0.3) is 0 Å². The number of carbonyl (C=O) groups excluding carboxylic acids is 1. The summed E-state index contributed by atoms with van der Waals surface area (Å²) < 4.78 is -1.89. The fourth-order valence-electron chi connectivity index (χ4n) is 2.30. The maximum absolute atomic E-state index is 12.2. The van der Waals surface area contributed by atoms with Crippen LogP contribution in [0, 0.1) is 6.92 Å². The molecule has 0 spiro atoms. The van der Waals surface area contributed by atoms with E-state index in [0.29, 0.717) is 21.3 Å². The van der Waals surface area contributed by atoms with Gasteiger partial charge in [-0.3, -0.25) is 4.79 Å². The van der Waals surface area contributed by atoms with Gasteiger partial charge in [-0.25, -0.2) is 0 Å². The highest BCUT2D eigenvalue weighted by Gasteiger charge is 2.32. The van der Waals surface area contributed by atoms with Gasteiger partial charge in [-0.15, -0.1) is 5.11 Å². The lowest BCUT2D eigenvalue weighted by Crippen LogP contribution is -2.22. The molecule has 0 bridgehead atoms. The molecule has 3 nitrogen and oxygen atoms in total. The lowest BCUT2D eigenvalue weighted by atomic mass is 10.1. The van der Waals surface area contributed by atoms with E-state index in [1.165, 1.54) is 25.7 Å². The third-order valence-electron chi connectivity index (χ3n) is 3.91. The first-order valence-corrected chi connectivity index (χ1v) is 10.1. The van der Waals surface area contributed by atoms with Crippen LogP contribution >= 0.6 is 46.4 Å². The number of hydrogen-bond donors (Lipinski definition) is 0. The van der Waals surface area contributed by atoms with Gasteiger partial charge in [0.15, 0.2) is 5.78 Å². The number of benzene rings is 1. The molecule has 0 heterocycles. The Balaban J connectivity index is 2.52. The van der Waals surface area contributed by atoms with E-state index < -0.39 is 4.46 Å². The maximum atomic E-state index is 12.2. The van der Waals surface area contributed by atoms with Crippen LogP contribution in [0.3, 0.4) is 0 Å². The number of carbonyl (C=O) groups is 1. The van der Waals surface area contributed by atoms with Gasteiger partial charge in [0.25, 0.3) is 4.46 Å². The van der Waals surface area contributed by atoms with Crippen molar-refractivity contribution in [1.29, 1.82) is 0 Å². The highest BCUT2D eigenvalue weighted by Crippen LogP contribution is 2.33. The van der Waals surface area contributed by atoms with Crippen LogP contribution in [-0.2, 0) is 4.79 Å². The van der Waals surface area contributed by atoms with Gasteiger partial charge >= 0.3 is 0 Å². The molecule has 0 radical (unpaired) electrons. The lowest BCUT2D eigenvalue weighted by Gasteiger charge is -2.12. The molecule has 0 amide bonds. The van der Waals surface area contributed by atoms with Crippen molar-refractivity contribution in [3.05, 3.63) is 27.7 Å². The van der Waals surface area contributed by atoms with Crippen molar-refractivity contribution in [2.75, 3.05) is 0 Å². The number of unbranched alkanes of at least 4 members (excludes halogenated alkanes) is 6. The second kappa shape index (κ2) is 11.4. The van der Waals surface area contributed by atoms with E-state index in [1.54, 1.807) is 19.1 Å². The summed E-state index contributed by atoms with van der Waals surface area (Å²) in [6.07, 6.45) is 8.07. The van der Waals surface area contributed by atoms with E-state index in [-0.39, 0.29) is 12.2 Å². The van der Waals surface area contributed by atoms with Crippen molar-refractivity contribution in [1.82, 2.24) is 0 Å². The molecule has 1 rings (SSSR count). The zero-order valence-electron chi connectivity index (χ0n) is 14.6. The minimum atomic E-state index is -1.89. The first-order valence-electron chi connectivity index (χ1n) is 8.57. The average Bonchev–Trinajstić information content (AvgIpc) is 2.55. The second-order valence-corrected chi connectivity index (χ2v) is 8.20. The van der Waals surface area contributed by atoms with Gasteiger partial charge in [-0.2, -0.15) is 5.11 Å². The van der Waals surface area contributed by atoms with Crippen LogP contribution in [0.4, 0.5) is 5.69 Å². The molecule has 1 aromatic rings. The zero-order valence-corrected chi connectivity index (χ0v) is 17.6. The molecule has 1 aromatic carbocycles. The second-order valence-electron chi connectivity index (χ2n) is 6.07. The molecule has 0 N–H and O–H groups in total. The van der Waals surface area contributed by atoms with E-state index in [9.17, 15) is 4.79 Å². The first-order chi connectivity index (χ1) is 11.8. The van der Waals surface area contributed by atoms with Gasteiger partial charge in [-0.05, 0) is 31.0 Å². The largest absolute Gasteiger partial charge is 0.294 e. The Bertz CT molecular complexity index is 603. The molecular weight excluding hydrogens is 402 g/mol. The Morgan fingerprint density at radius 1 is 1.04 bits per heavy atom. The predicted octanol–water partition coefficient (Wildman–Crippen LogP) is 8.23. The van der Waals surface area contributed by atoms with E-state index >= 15 is 0 Å². The number of rotatable bonds is 11. The lowest BCUT2D eigenvalue weighted by molar-refractivity contribution is -0.119. The molecule has 0 saturated carbocycles. The molecule has 0 fully saturated rings. The van der Waals surface area contributed by atoms with Gasteiger partial charge in [0.1, 0.15) is 0 Å². The Hall–Kier alpha value is -0.350. The van der Waals surface area contributed by atoms with E-state index in [2.05, 4.69) is 17.2 Å². The number of halogens is 4. The summed E-state index contributed by atoms with van der Waals surface area (Å²) in [7, 11) is 0. The summed E-state index contributed by atoms with van der Waals surface area (Å²) in [5.41, 5.74) is 1.13. The van der Waals surface area contributed by atoms with Gasteiger partial charge in [0.05, 0.1) is 5.69 Å². The van der Waals surface area contributed by atoms with E-state index in [1.807, 2.05) is 0 Å². The third-order valence-corrected chi connectivity index (χ3v) is 5.09. The monoisotopic (exact) mass is 424 g/mol. The number of ketones is 1. The van der Waals surface area contributed by atoms with Crippen molar-refractivity contribution >= 4 is 57.9 Å². The third kappa shape index (κ3) is 8.25. The predicted molar refractivity (Wildman–Crippen MR) is 108 cm³/mol. The average molecular weight is 426 g/mol. The molecular formula is C18H24Cl4N2O. The standard InChI is InChI=1S/C18H24Cl4N2O/c1-3-4-5-6-7-8-9-10-17(25)18(21,22)24-23-16-12-14(19)11-15(20)13(16)2/h11-12H,3-10H2,1-2H3. The molecule has 0 saturated heterocycles. The number of Topliss-reactive ketones (excluding diaryl/α,β-unsaturated/α-hetero) is 1. The minimum Gasteiger partial charge on any atom is -0.294 e. The molecule has 0 aliphatic heterocycles. The van der Waals surface area contributed by atoms with Gasteiger partial charge in [-0.1, -0.05) is 91.9 Å². The smallest absolute Gasteiger partial charge is 0.286 e. The van der Waals surface area contributed by atoms with Crippen LogP contribution in [0.1, 0.15) is 63.9 Å². The Labute approximate surface area is 170 Å². The Kier molecular flexibility index (Phi) is 10.3. The van der Waals surface area contributed by atoms with Crippen LogP contribution < -0.4 is 0 Å². The van der Waals surface area contributed by atoms with Crippen LogP contribution in [0.15, 0.2) is 22.4 Å². The van der Waals surface area contributed by atoms with Crippen LogP contribution in [-0.4, -0.2) is 10.2 Å². The van der Waals surface area contributed by atoms with Crippen molar-refractivity contribution in [2.45, 2.75) is 69.7 Å². The van der Waals surface area contributed by atoms with Crippen LogP contribution in [0.5, 0.6) is 0 Å². The fraction of sp³-hybridized carbons (Fsp3) is 0.611. The fourth-order valence-corrected chi connectivity index (χ4v) is 3.05. The van der Waals surface area contributed by atoms with E-state index in [0.717, 1.165) is 19.3 Å². The number of azo groups is 1. The Morgan fingerprint density at radius 3 is 2.28 bits per heavy atom. The molecule has 0 atom stereocenters. The van der Waals surface area contributed by atoms with Crippen molar-refractivity contribution in [2.24, 2.45) is 10.2 Å². The summed E-state index contributed by atoms with van der Waals surface area (Å²) >= 11 is 24.1. The maximum Gasteiger partial charge on any atom is 0.286 e. The van der Waals surface area contributed by atoms with Crippen molar-refractivity contribution in [3.63, 3.8) is 0 Å². The zero-order chi connectivity index (χ0) is 18.9. The first kappa shape index (κ1) is 22.7. The highest BCUT2D eigenvalue weighted by molar-refractivity contribution is 6.58. The summed E-state index contributed by atoms with van der Waals surface area (Å²) in [6.45, 7) is 3.96. The topological polar surface area (TPSA) is 41.8 Å². The number of hydrogen-bond acceptors (Lipinski definition) is 3. The minimum absolute atomic E-state index is 0.287. The number of alkyl halides is 2. The summed E-state index contributed by atoms with van der Waals surface area (Å²) in [5, 5.41) is 8.66. The molecule has 0 aliphatic carbocycles. The molecule has 0 unspecified atom stereocenters. The Morgan fingerprint density at radius 2 is 1.64 bits per heavy atom. The number of nitrogens with zero attached hydrogens (tertiary/aromatic N) is 2. The van der Waals surface area contributed by atoms with E-state index in [4.69, 9.17) is 46.4 Å². The van der Waals surface area contributed by atoms with Crippen LogP contribution in [0.2, 0.25) is 10.0 Å². The molecule has 25 heavy (non-hydrogen) atoms. The summed E-state index contributed by atoms with van der Waals surface area (Å²) in [4.78, 5) is 12.2. The van der Waals surface area contributed by atoms with Crippen molar-refractivity contribution < 1.29 is 4.79 Å². The molecule has 0 aliphatic rings.